The average Bonchev–Trinajstić information content (AvgIpc) is 3.30. The van der Waals surface area contributed by atoms with Crippen LogP contribution in [0, 0.1) is 11.3 Å². The second-order valence-corrected chi connectivity index (χ2v) is 5.12. The highest BCUT2D eigenvalue weighted by atomic mass is 15.2. The first-order chi connectivity index (χ1) is 9.76. The Kier molecular flexibility index (Phi) is 3.26. The highest BCUT2D eigenvalue weighted by Gasteiger charge is 2.30. The summed E-state index contributed by atoms with van der Waals surface area (Å²) in [5.74, 6) is 0.925. The Bertz CT molecular complexity index is 638. The van der Waals surface area contributed by atoms with Crippen molar-refractivity contribution in [3.8, 4) is 6.07 Å². The molecule has 1 heterocycles. The summed E-state index contributed by atoms with van der Waals surface area (Å²) >= 11 is 0. The molecule has 4 heteroatoms. The summed E-state index contributed by atoms with van der Waals surface area (Å²) in [6.07, 6.45) is 4.03. The van der Waals surface area contributed by atoms with Gasteiger partial charge in [-0.25, -0.2) is 4.98 Å². The van der Waals surface area contributed by atoms with Crippen molar-refractivity contribution >= 4 is 11.5 Å². The first kappa shape index (κ1) is 12.5. The van der Waals surface area contributed by atoms with Gasteiger partial charge in [-0.15, -0.1) is 0 Å². The highest BCUT2D eigenvalue weighted by molar-refractivity contribution is 5.47. The quantitative estimate of drug-likeness (QED) is 0.862. The molecule has 0 aliphatic heterocycles. The number of nitrogens with two attached hydrogens (primary N) is 1. The maximum absolute atomic E-state index is 8.84. The van der Waals surface area contributed by atoms with E-state index in [0.29, 0.717) is 11.6 Å². The molecular formula is C16H16N4. The van der Waals surface area contributed by atoms with Crippen LogP contribution < -0.4 is 10.6 Å². The molecule has 0 bridgehead atoms. The molecule has 2 N–H and O–H groups in total. The smallest absolute Gasteiger partial charge is 0.129 e. The molecule has 0 unspecified atom stereocenters. The Labute approximate surface area is 118 Å². The zero-order chi connectivity index (χ0) is 13.9. The summed E-state index contributed by atoms with van der Waals surface area (Å²) in [5.41, 5.74) is 8.39. The molecule has 0 saturated heterocycles. The zero-order valence-corrected chi connectivity index (χ0v) is 11.2. The van der Waals surface area contributed by atoms with Gasteiger partial charge >= 0.3 is 0 Å². The molecule has 3 rings (SSSR count). The third-order valence-corrected chi connectivity index (χ3v) is 3.46. The van der Waals surface area contributed by atoms with Crippen molar-refractivity contribution in [1.29, 1.82) is 5.26 Å². The zero-order valence-electron chi connectivity index (χ0n) is 11.2. The number of pyridine rings is 1. The van der Waals surface area contributed by atoms with Gasteiger partial charge in [0.1, 0.15) is 11.9 Å². The van der Waals surface area contributed by atoms with Crippen molar-refractivity contribution < 1.29 is 0 Å². The molecule has 0 amide bonds. The summed E-state index contributed by atoms with van der Waals surface area (Å²) in [6.45, 7) is 0.800. The summed E-state index contributed by atoms with van der Waals surface area (Å²) < 4.78 is 0. The molecule has 100 valence electrons. The minimum absolute atomic E-state index is 0.553. The minimum Gasteiger partial charge on any atom is -0.399 e. The van der Waals surface area contributed by atoms with Crippen LogP contribution >= 0.6 is 0 Å². The van der Waals surface area contributed by atoms with Crippen LogP contribution in [0.3, 0.4) is 0 Å². The summed E-state index contributed by atoms with van der Waals surface area (Å²) in [7, 11) is 0. The van der Waals surface area contributed by atoms with E-state index in [1.54, 1.807) is 6.20 Å². The molecule has 0 radical (unpaired) electrons. The lowest BCUT2D eigenvalue weighted by molar-refractivity contribution is 0.778. The molecule has 1 aromatic carbocycles. The van der Waals surface area contributed by atoms with Crippen molar-refractivity contribution in [2.24, 2.45) is 0 Å². The van der Waals surface area contributed by atoms with Crippen LogP contribution in [0.4, 0.5) is 11.5 Å². The Morgan fingerprint density at radius 2 is 2.15 bits per heavy atom. The molecular weight excluding hydrogens is 248 g/mol. The van der Waals surface area contributed by atoms with E-state index in [9.17, 15) is 0 Å². The van der Waals surface area contributed by atoms with Gasteiger partial charge in [0.05, 0.1) is 5.56 Å². The second-order valence-electron chi connectivity index (χ2n) is 5.12. The lowest BCUT2D eigenvalue weighted by Crippen LogP contribution is -2.25. The van der Waals surface area contributed by atoms with Gasteiger partial charge in [-0.3, -0.25) is 0 Å². The fourth-order valence-corrected chi connectivity index (χ4v) is 2.29. The molecule has 1 aromatic heterocycles. The fourth-order valence-electron chi connectivity index (χ4n) is 2.29. The average molecular weight is 264 g/mol. The van der Waals surface area contributed by atoms with E-state index in [0.717, 1.165) is 18.1 Å². The number of rotatable bonds is 4. The van der Waals surface area contributed by atoms with Crippen LogP contribution in [0.1, 0.15) is 24.0 Å². The maximum atomic E-state index is 8.84. The Balaban J connectivity index is 1.83. The van der Waals surface area contributed by atoms with Crippen molar-refractivity contribution in [2.75, 3.05) is 10.6 Å². The maximum Gasteiger partial charge on any atom is 0.129 e. The lowest BCUT2D eigenvalue weighted by Gasteiger charge is -2.23. The number of nitrogen functional groups attached to an aromatic ring is 1. The van der Waals surface area contributed by atoms with E-state index in [1.807, 2.05) is 30.3 Å². The van der Waals surface area contributed by atoms with Crippen LogP contribution in [-0.4, -0.2) is 11.0 Å². The SMILES string of the molecule is N#Cc1ccc(N(Cc2cccc(N)c2)C2CC2)nc1. The molecule has 1 saturated carbocycles. The molecule has 0 atom stereocenters. The summed E-state index contributed by atoms with van der Waals surface area (Å²) in [5, 5.41) is 8.84. The molecule has 1 aliphatic rings. The fraction of sp³-hybridized carbons (Fsp3) is 0.250. The summed E-state index contributed by atoms with van der Waals surface area (Å²) in [4.78, 5) is 6.69. The molecule has 1 aliphatic carbocycles. The van der Waals surface area contributed by atoms with Crippen LogP contribution in [-0.2, 0) is 6.54 Å². The highest BCUT2D eigenvalue weighted by Crippen LogP contribution is 2.32. The third-order valence-electron chi connectivity index (χ3n) is 3.46. The van der Waals surface area contributed by atoms with Gasteiger partial charge in [0.2, 0.25) is 0 Å². The van der Waals surface area contributed by atoms with Gasteiger partial charge in [-0.05, 0) is 42.7 Å². The van der Waals surface area contributed by atoms with Gasteiger partial charge in [0.15, 0.2) is 0 Å². The van der Waals surface area contributed by atoms with E-state index in [1.165, 1.54) is 18.4 Å². The standard InChI is InChI=1S/C16H16N4/c17-9-13-4-7-16(19-10-13)20(15-5-6-15)11-12-2-1-3-14(18)8-12/h1-4,7-8,10,15H,5-6,11,18H2. The number of hydrogen-bond acceptors (Lipinski definition) is 4. The number of anilines is 2. The van der Waals surface area contributed by atoms with Crippen molar-refractivity contribution in [2.45, 2.75) is 25.4 Å². The van der Waals surface area contributed by atoms with Crippen LogP contribution in [0.25, 0.3) is 0 Å². The first-order valence-corrected chi connectivity index (χ1v) is 6.73. The van der Waals surface area contributed by atoms with Gasteiger partial charge < -0.3 is 10.6 Å². The number of hydrogen-bond donors (Lipinski definition) is 1. The Hall–Kier alpha value is -2.54. The van der Waals surface area contributed by atoms with Crippen molar-refractivity contribution in [1.82, 2.24) is 4.98 Å². The number of aromatic nitrogens is 1. The van der Waals surface area contributed by atoms with Crippen LogP contribution in [0.15, 0.2) is 42.6 Å². The van der Waals surface area contributed by atoms with Gasteiger partial charge in [-0.2, -0.15) is 5.26 Å². The largest absolute Gasteiger partial charge is 0.399 e. The predicted molar refractivity (Wildman–Crippen MR) is 79.0 cm³/mol. The normalized spacial score (nSPS) is 13.8. The Morgan fingerprint density at radius 1 is 1.30 bits per heavy atom. The van der Waals surface area contributed by atoms with Crippen molar-refractivity contribution in [3.63, 3.8) is 0 Å². The van der Waals surface area contributed by atoms with E-state index >= 15 is 0 Å². The number of nitriles is 1. The Morgan fingerprint density at radius 3 is 2.75 bits per heavy atom. The second kappa shape index (κ2) is 5.22. The lowest BCUT2D eigenvalue weighted by atomic mass is 10.2. The van der Waals surface area contributed by atoms with E-state index in [4.69, 9.17) is 11.0 Å². The van der Waals surface area contributed by atoms with E-state index < -0.39 is 0 Å². The van der Waals surface area contributed by atoms with Gasteiger partial charge in [0, 0.05) is 24.5 Å². The predicted octanol–water partition coefficient (Wildman–Crippen LogP) is 2.70. The first-order valence-electron chi connectivity index (χ1n) is 6.73. The monoisotopic (exact) mass is 264 g/mol. The van der Waals surface area contributed by atoms with Crippen molar-refractivity contribution in [3.05, 3.63) is 53.7 Å². The molecule has 0 spiro atoms. The number of benzene rings is 1. The third kappa shape index (κ3) is 2.72. The number of nitrogens with zero attached hydrogens (tertiary/aromatic N) is 3. The molecule has 2 aromatic rings. The topological polar surface area (TPSA) is 65.9 Å². The molecule has 20 heavy (non-hydrogen) atoms. The van der Waals surface area contributed by atoms with Gasteiger partial charge in [0.25, 0.3) is 0 Å². The molecule has 4 nitrogen and oxygen atoms in total. The molecule has 1 fully saturated rings. The van der Waals surface area contributed by atoms with E-state index in [2.05, 4.69) is 22.0 Å². The van der Waals surface area contributed by atoms with Gasteiger partial charge in [-0.1, -0.05) is 12.1 Å². The van der Waals surface area contributed by atoms with Crippen LogP contribution in [0.5, 0.6) is 0 Å². The van der Waals surface area contributed by atoms with Crippen LogP contribution in [0.2, 0.25) is 0 Å². The van der Waals surface area contributed by atoms with E-state index in [-0.39, 0.29) is 0 Å². The summed E-state index contributed by atoms with van der Waals surface area (Å²) in [6, 6.07) is 14.3. The minimum atomic E-state index is 0.553.